The first-order valence-electron chi connectivity index (χ1n) is 8.38. The average molecular weight is 344 g/mol. The minimum absolute atomic E-state index is 0.0272. The fraction of sp³-hybridized carbons (Fsp3) is 0.500. The Labute approximate surface area is 147 Å². The van der Waals surface area contributed by atoms with Crippen LogP contribution in [-0.2, 0) is 4.74 Å². The largest absolute Gasteiger partial charge is 0.496 e. The Balaban J connectivity index is 1.72. The van der Waals surface area contributed by atoms with Gasteiger partial charge in [-0.25, -0.2) is 4.98 Å². The van der Waals surface area contributed by atoms with Crippen LogP contribution in [0.3, 0.4) is 0 Å². The monoisotopic (exact) mass is 344 g/mol. The van der Waals surface area contributed by atoms with Crippen LogP contribution >= 0.6 is 0 Å². The summed E-state index contributed by atoms with van der Waals surface area (Å²) in [6.07, 6.45) is 2.30. The highest BCUT2D eigenvalue weighted by atomic mass is 16.5. The molecule has 0 aliphatic carbocycles. The Kier molecular flexibility index (Phi) is 5.03. The topological polar surface area (TPSA) is 80.3 Å². The standard InChI is InChI=1S/C18H24N4O3/c1-11-7-13(8-12(2)16(11)24-4)18(23)22(3)9-15-14(5-6-25-15)17-19-10-20-21-17/h7-8,10,14-15H,5-6,9H2,1-4H3,(H,19,20,21)/t14-,15-/m1/s1. The van der Waals surface area contributed by atoms with E-state index in [2.05, 4.69) is 15.2 Å². The van der Waals surface area contributed by atoms with E-state index < -0.39 is 0 Å². The van der Waals surface area contributed by atoms with Crippen LogP contribution in [0.15, 0.2) is 18.5 Å². The lowest BCUT2D eigenvalue weighted by atomic mass is 10.00. The Hall–Kier alpha value is -2.41. The van der Waals surface area contributed by atoms with E-state index in [0.717, 1.165) is 29.1 Å². The average Bonchev–Trinajstić information content (AvgIpc) is 3.24. The van der Waals surface area contributed by atoms with E-state index in [1.807, 2.05) is 26.0 Å². The number of benzene rings is 1. The summed E-state index contributed by atoms with van der Waals surface area (Å²) >= 11 is 0. The number of nitrogens with one attached hydrogen (secondary N) is 1. The summed E-state index contributed by atoms with van der Waals surface area (Å²) in [5.74, 6) is 1.75. The quantitative estimate of drug-likeness (QED) is 0.898. The molecule has 7 nitrogen and oxygen atoms in total. The van der Waals surface area contributed by atoms with E-state index >= 15 is 0 Å². The van der Waals surface area contributed by atoms with Crippen molar-refractivity contribution < 1.29 is 14.3 Å². The Morgan fingerprint density at radius 2 is 2.12 bits per heavy atom. The van der Waals surface area contributed by atoms with Crippen LogP contribution in [0.1, 0.15) is 39.6 Å². The van der Waals surface area contributed by atoms with Crippen LogP contribution in [0, 0.1) is 13.8 Å². The molecule has 0 spiro atoms. The smallest absolute Gasteiger partial charge is 0.253 e. The number of rotatable bonds is 5. The molecule has 3 rings (SSSR count). The first-order valence-corrected chi connectivity index (χ1v) is 8.38. The van der Waals surface area contributed by atoms with Gasteiger partial charge in [0, 0.05) is 31.7 Å². The Morgan fingerprint density at radius 3 is 2.72 bits per heavy atom. The second-order valence-corrected chi connectivity index (χ2v) is 6.50. The molecule has 0 bridgehead atoms. The second kappa shape index (κ2) is 7.23. The lowest BCUT2D eigenvalue weighted by molar-refractivity contribution is 0.0550. The van der Waals surface area contributed by atoms with E-state index in [4.69, 9.17) is 9.47 Å². The van der Waals surface area contributed by atoms with Gasteiger partial charge in [-0.2, -0.15) is 5.10 Å². The van der Waals surface area contributed by atoms with E-state index in [1.54, 1.807) is 19.1 Å². The zero-order chi connectivity index (χ0) is 18.0. The number of carbonyl (C=O) groups is 1. The zero-order valence-electron chi connectivity index (χ0n) is 15.1. The minimum atomic E-state index is -0.0812. The van der Waals surface area contributed by atoms with Crippen LogP contribution in [-0.4, -0.2) is 59.4 Å². The summed E-state index contributed by atoms with van der Waals surface area (Å²) in [5, 5.41) is 6.83. The second-order valence-electron chi connectivity index (χ2n) is 6.50. The fourth-order valence-electron chi connectivity index (χ4n) is 3.50. The molecule has 1 aromatic heterocycles. The van der Waals surface area contributed by atoms with Gasteiger partial charge in [-0.3, -0.25) is 9.89 Å². The van der Waals surface area contributed by atoms with Gasteiger partial charge in [-0.15, -0.1) is 0 Å². The van der Waals surface area contributed by atoms with Crippen molar-refractivity contribution in [2.45, 2.75) is 32.3 Å². The maximum absolute atomic E-state index is 12.8. The summed E-state index contributed by atoms with van der Waals surface area (Å²) in [6.45, 7) is 5.07. The molecule has 0 saturated carbocycles. The van der Waals surface area contributed by atoms with Gasteiger partial charge in [0.1, 0.15) is 17.9 Å². The fourth-order valence-corrected chi connectivity index (χ4v) is 3.50. The van der Waals surface area contributed by atoms with Gasteiger partial charge in [-0.1, -0.05) is 0 Å². The maximum atomic E-state index is 12.8. The molecule has 2 heterocycles. The number of amides is 1. The van der Waals surface area contributed by atoms with Crippen LogP contribution < -0.4 is 4.74 Å². The van der Waals surface area contributed by atoms with Gasteiger partial charge in [0.2, 0.25) is 0 Å². The summed E-state index contributed by atoms with van der Waals surface area (Å²) in [7, 11) is 3.44. The van der Waals surface area contributed by atoms with Gasteiger partial charge in [0.25, 0.3) is 5.91 Å². The third kappa shape index (κ3) is 3.51. The molecule has 1 amide bonds. The van der Waals surface area contributed by atoms with Crippen LogP contribution in [0.25, 0.3) is 0 Å². The number of methoxy groups -OCH3 is 1. The molecule has 134 valence electrons. The van der Waals surface area contributed by atoms with Crippen molar-refractivity contribution in [2.75, 3.05) is 27.3 Å². The number of hydrogen-bond acceptors (Lipinski definition) is 5. The lowest BCUT2D eigenvalue weighted by Gasteiger charge is -2.24. The van der Waals surface area contributed by atoms with Crippen molar-refractivity contribution >= 4 is 5.91 Å². The normalized spacial score (nSPS) is 19.8. The summed E-state index contributed by atoms with van der Waals surface area (Å²) in [6, 6.07) is 3.74. The van der Waals surface area contributed by atoms with Crippen molar-refractivity contribution in [1.82, 2.24) is 20.1 Å². The molecule has 7 heteroatoms. The van der Waals surface area contributed by atoms with E-state index in [9.17, 15) is 4.79 Å². The molecule has 1 saturated heterocycles. The summed E-state index contributed by atoms with van der Waals surface area (Å²) in [4.78, 5) is 18.8. The third-order valence-corrected chi connectivity index (χ3v) is 4.71. The van der Waals surface area contributed by atoms with Gasteiger partial charge in [0.15, 0.2) is 0 Å². The first kappa shape index (κ1) is 17.4. The first-order chi connectivity index (χ1) is 12.0. The maximum Gasteiger partial charge on any atom is 0.253 e. The number of H-pyrrole nitrogens is 1. The molecule has 2 aromatic rings. The molecule has 1 aromatic carbocycles. The van der Waals surface area contributed by atoms with Crippen LogP contribution in [0.5, 0.6) is 5.75 Å². The highest BCUT2D eigenvalue weighted by molar-refractivity contribution is 5.94. The summed E-state index contributed by atoms with van der Waals surface area (Å²) in [5.41, 5.74) is 2.57. The Bertz CT molecular complexity index is 722. The van der Waals surface area contributed by atoms with Gasteiger partial charge < -0.3 is 14.4 Å². The molecule has 25 heavy (non-hydrogen) atoms. The van der Waals surface area contributed by atoms with Gasteiger partial charge >= 0.3 is 0 Å². The number of nitrogens with zero attached hydrogens (tertiary/aromatic N) is 3. The molecular weight excluding hydrogens is 320 g/mol. The molecule has 1 N–H and O–H groups in total. The molecule has 1 aliphatic heterocycles. The van der Waals surface area contributed by atoms with Crippen LogP contribution in [0.4, 0.5) is 0 Å². The molecular formula is C18H24N4O3. The van der Waals surface area contributed by atoms with E-state index in [0.29, 0.717) is 18.7 Å². The van der Waals surface area contributed by atoms with Crippen molar-refractivity contribution in [3.8, 4) is 5.75 Å². The van der Waals surface area contributed by atoms with Gasteiger partial charge in [0.05, 0.1) is 13.2 Å². The number of carbonyl (C=O) groups excluding carboxylic acids is 1. The van der Waals surface area contributed by atoms with E-state index in [1.165, 1.54) is 6.33 Å². The van der Waals surface area contributed by atoms with Crippen molar-refractivity contribution in [2.24, 2.45) is 0 Å². The van der Waals surface area contributed by atoms with Gasteiger partial charge in [-0.05, 0) is 43.5 Å². The van der Waals surface area contributed by atoms with E-state index in [-0.39, 0.29) is 17.9 Å². The number of likely N-dealkylation sites (N-methyl/N-ethyl adjacent to an activating group) is 1. The zero-order valence-corrected chi connectivity index (χ0v) is 15.1. The van der Waals surface area contributed by atoms with Crippen molar-refractivity contribution in [1.29, 1.82) is 0 Å². The SMILES string of the molecule is COc1c(C)cc(C(=O)N(C)C[C@H]2OCC[C@H]2c2ncn[nH]2)cc1C. The highest BCUT2D eigenvalue weighted by Gasteiger charge is 2.33. The molecule has 1 fully saturated rings. The predicted molar refractivity (Wildman–Crippen MR) is 92.9 cm³/mol. The van der Waals surface area contributed by atoms with Crippen LogP contribution in [0.2, 0.25) is 0 Å². The number of hydrogen-bond donors (Lipinski definition) is 1. The minimum Gasteiger partial charge on any atom is -0.496 e. The highest BCUT2D eigenvalue weighted by Crippen LogP contribution is 2.30. The Morgan fingerprint density at radius 1 is 1.40 bits per heavy atom. The molecule has 2 atom stereocenters. The number of ether oxygens (including phenoxy) is 2. The lowest BCUT2D eigenvalue weighted by Crippen LogP contribution is -2.36. The number of aryl methyl sites for hydroxylation is 2. The molecule has 0 radical (unpaired) electrons. The number of aromatic nitrogens is 3. The third-order valence-electron chi connectivity index (χ3n) is 4.71. The molecule has 1 aliphatic rings. The van der Waals surface area contributed by atoms with Crippen molar-refractivity contribution in [3.05, 3.63) is 41.0 Å². The van der Waals surface area contributed by atoms with Crippen molar-refractivity contribution in [3.63, 3.8) is 0 Å². The predicted octanol–water partition coefficient (Wildman–Crippen LogP) is 2.07. The molecule has 0 unspecified atom stereocenters. The number of aromatic amines is 1. The summed E-state index contributed by atoms with van der Waals surface area (Å²) < 4.78 is 11.2.